The van der Waals surface area contributed by atoms with Crippen molar-refractivity contribution < 1.29 is 9.53 Å². The predicted molar refractivity (Wildman–Crippen MR) is 76.0 cm³/mol. The topological polar surface area (TPSA) is 41.6 Å². The van der Waals surface area contributed by atoms with Crippen LogP contribution in [0.4, 0.5) is 0 Å². The molecule has 4 nitrogen and oxygen atoms in total. The Morgan fingerprint density at radius 3 is 2.74 bits per heavy atom. The Kier molecular flexibility index (Phi) is 4.85. The van der Waals surface area contributed by atoms with Crippen molar-refractivity contribution in [3.05, 3.63) is 0 Å². The molecule has 2 aliphatic rings. The number of ether oxygens (including phenoxy) is 1. The molecule has 0 aromatic heterocycles. The first-order valence-corrected chi connectivity index (χ1v) is 7.73. The zero-order valence-electron chi connectivity index (χ0n) is 12.6. The summed E-state index contributed by atoms with van der Waals surface area (Å²) < 4.78 is 6.15. The van der Waals surface area contributed by atoms with E-state index in [4.69, 9.17) is 4.74 Å². The zero-order valence-corrected chi connectivity index (χ0v) is 12.6. The third-order valence-electron chi connectivity index (χ3n) is 4.46. The molecule has 0 radical (unpaired) electrons. The van der Waals surface area contributed by atoms with Gasteiger partial charge in [0.05, 0.1) is 11.7 Å². The molecule has 2 rings (SSSR count). The van der Waals surface area contributed by atoms with Gasteiger partial charge in [-0.25, -0.2) is 0 Å². The Hall–Kier alpha value is -0.610. The minimum atomic E-state index is -0.0254. The predicted octanol–water partition coefficient (Wildman–Crippen LogP) is 1.79. The van der Waals surface area contributed by atoms with E-state index in [0.29, 0.717) is 5.91 Å². The van der Waals surface area contributed by atoms with E-state index >= 15 is 0 Å². The highest BCUT2D eigenvalue weighted by atomic mass is 16.5. The van der Waals surface area contributed by atoms with Crippen molar-refractivity contribution in [1.82, 2.24) is 10.2 Å². The van der Waals surface area contributed by atoms with Crippen molar-refractivity contribution in [2.45, 2.75) is 58.2 Å². The van der Waals surface area contributed by atoms with Gasteiger partial charge >= 0.3 is 0 Å². The van der Waals surface area contributed by atoms with E-state index in [2.05, 4.69) is 26.1 Å². The van der Waals surface area contributed by atoms with Crippen molar-refractivity contribution in [1.29, 1.82) is 0 Å². The minimum Gasteiger partial charge on any atom is -0.369 e. The number of piperidine rings is 1. The average molecular weight is 268 g/mol. The summed E-state index contributed by atoms with van der Waals surface area (Å²) in [4.78, 5) is 14.3. The van der Waals surface area contributed by atoms with Crippen LogP contribution in [-0.4, -0.2) is 48.7 Å². The van der Waals surface area contributed by atoms with Crippen LogP contribution < -0.4 is 5.32 Å². The van der Waals surface area contributed by atoms with Crippen LogP contribution in [0, 0.1) is 5.92 Å². The largest absolute Gasteiger partial charge is 0.369 e. The van der Waals surface area contributed by atoms with Crippen LogP contribution in [0.3, 0.4) is 0 Å². The second-order valence-electron chi connectivity index (χ2n) is 6.26. The van der Waals surface area contributed by atoms with Crippen LogP contribution in [0.25, 0.3) is 0 Å². The van der Waals surface area contributed by atoms with Crippen LogP contribution in [-0.2, 0) is 9.53 Å². The summed E-state index contributed by atoms with van der Waals surface area (Å²) in [5.41, 5.74) is -0.0254. The molecular formula is C15H28N2O2. The number of rotatable bonds is 3. The lowest BCUT2D eigenvalue weighted by Crippen LogP contribution is -2.58. The number of nitrogens with one attached hydrogen (secondary N) is 1. The fourth-order valence-electron chi connectivity index (χ4n) is 3.31. The molecule has 4 heteroatoms. The molecule has 1 spiro atoms. The number of hydrogen-bond donors (Lipinski definition) is 1. The van der Waals surface area contributed by atoms with E-state index in [1.54, 1.807) is 0 Å². The molecule has 19 heavy (non-hydrogen) atoms. The van der Waals surface area contributed by atoms with Crippen LogP contribution in [0.1, 0.15) is 46.5 Å². The van der Waals surface area contributed by atoms with E-state index < -0.39 is 0 Å². The molecular weight excluding hydrogens is 240 g/mol. The molecule has 0 aliphatic carbocycles. The smallest absolute Gasteiger partial charge is 0.225 e. The fourth-order valence-corrected chi connectivity index (χ4v) is 3.31. The minimum absolute atomic E-state index is 0.0254. The number of carbonyl (C=O) groups is 1. The first-order chi connectivity index (χ1) is 9.06. The van der Waals surface area contributed by atoms with E-state index in [9.17, 15) is 4.79 Å². The van der Waals surface area contributed by atoms with Gasteiger partial charge in [0, 0.05) is 32.1 Å². The van der Waals surface area contributed by atoms with Gasteiger partial charge in [0.2, 0.25) is 5.91 Å². The van der Waals surface area contributed by atoms with E-state index in [1.807, 2.05) is 4.90 Å². The lowest BCUT2D eigenvalue weighted by Gasteiger charge is -2.46. The fraction of sp³-hybridized carbons (Fsp3) is 0.933. The van der Waals surface area contributed by atoms with Gasteiger partial charge in [-0.2, -0.15) is 0 Å². The summed E-state index contributed by atoms with van der Waals surface area (Å²) in [6.45, 7) is 9.88. The van der Waals surface area contributed by atoms with E-state index in [1.165, 1.54) is 0 Å². The Labute approximate surface area is 116 Å². The number of nitrogens with zero attached hydrogens (tertiary/aromatic N) is 1. The molecule has 2 fully saturated rings. The van der Waals surface area contributed by atoms with Gasteiger partial charge in [-0.3, -0.25) is 4.79 Å². The van der Waals surface area contributed by atoms with Crippen molar-refractivity contribution in [2.75, 3.05) is 26.2 Å². The normalized spacial score (nSPS) is 28.4. The lowest BCUT2D eigenvalue weighted by atomic mass is 9.88. The zero-order chi connectivity index (χ0) is 13.9. The maximum absolute atomic E-state index is 12.3. The SMILES string of the molecule is CCCC(C)C(=O)N1CCC2(CC1)CNCC(C)O2. The number of amides is 1. The Morgan fingerprint density at radius 2 is 2.16 bits per heavy atom. The molecule has 0 bridgehead atoms. The van der Waals surface area contributed by atoms with Gasteiger partial charge in [-0.15, -0.1) is 0 Å². The number of likely N-dealkylation sites (tertiary alicyclic amines) is 1. The van der Waals surface area contributed by atoms with Gasteiger partial charge in [0.15, 0.2) is 0 Å². The standard InChI is InChI=1S/C15H28N2O2/c1-4-5-12(2)14(18)17-8-6-15(7-9-17)11-16-10-13(3)19-15/h12-13,16H,4-11H2,1-3H3. The average Bonchev–Trinajstić information content (AvgIpc) is 2.39. The first-order valence-electron chi connectivity index (χ1n) is 7.73. The summed E-state index contributed by atoms with van der Waals surface area (Å²) in [6, 6.07) is 0. The molecule has 2 saturated heterocycles. The summed E-state index contributed by atoms with van der Waals surface area (Å²) in [5, 5.41) is 3.45. The van der Waals surface area contributed by atoms with Crippen LogP contribution >= 0.6 is 0 Å². The van der Waals surface area contributed by atoms with E-state index in [-0.39, 0.29) is 17.6 Å². The van der Waals surface area contributed by atoms with Crippen LogP contribution in [0.5, 0.6) is 0 Å². The summed E-state index contributed by atoms with van der Waals surface area (Å²) in [7, 11) is 0. The van der Waals surface area contributed by atoms with Gasteiger partial charge in [-0.05, 0) is 26.2 Å². The number of hydrogen-bond acceptors (Lipinski definition) is 3. The van der Waals surface area contributed by atoms with Gasteiger partial charge < -0.3 is 15.0 Å². The maximum atomic E-state index is 12.3. The maximum Gasteiger partial charge on any atom is 0.225 e. The molecule has 1 N–H and O–H groups in total. The third kappa shape index (κ3) is 3.48. The van der Waals surface area contributed by atoms with Crippen molar-refractivity contribution in [3.8, 4) is 0 Å². The Bertz CT molecular complexity index is 311. The van der Waals surface area contributed by atoms with E-state index in [0.717, 1.165) is 51.9 Å². The third-order valence-corrected chi connectivity index (χ3v) is 4.46. The highest BCUT2D eigenvalue weighted by molar-refractivity contribution is 5.78. The van der Waals surface area contributed by atoms with Crippen molar-refractivity contribution in [2.24, 2.45) is 5.92 Å². The number of carbonyl (C=O) groups excluding carboxylic acids is 1. The molecule has 1 amide bonds. The molecule has 0 saturated carbocycles. The summed E-state index contributed by atoms with van der Waals surface area (Å²) in [5.74, 6) is 0.497. The molecule has 0 aromatic carbocycles. The van der Waals surface area contributed by atoms with Gasteiger partial charge in [0.1, 0.15) is 0 Å². The van der Waals surface area contributed by atoms with Gasteiger partial charge in [-0.1, -0.05) is 20.3 Å². The van der Waals surface area contributed by atoms with Crippen molar-refractivity contribution >= 4 is 5.91 Å². The molecule has 2 aliphatic heterocycles. The molecule has 2 unspecified atom stereocenters. The molecule has 0 aromatic rings. The second-order valence-corrected chi connectivity index (χ2v) is 6.26. The van der Waals surface area contributed by atoms with Gasteiger partial charge in [0.25, 0.3) is 0 Å². The first kappa shape index (κ1) is 14.8. The quantitative estimate of drug-likeness (QED) is 0.848. The highest BCUT2D eigenvalue weighted by Gasteiger charge is 2.40. The summed E-state index contributed by atoms with van der Waals surface area (Å²) >= 11 is 0. The van der Waals surface area contributed by atoms with Crippen molar-refractivity contribution in [3.63, 3.8) is 0 Å². The summed E-state index contributed by atoms with van der Waals surface area (Å²) in [6.07, 6.45) is 4.30. The number of morpholine rings is 1. The molecule has 2 atom stereocenters. The second kappa shape index (κ2) is 6.23. The monoisotopic (exact) mass is 268 g/mol. The Morgan fingerprint density at radius 1 is 1.47 bits per heavy atom. The molecule has 2 heterocycles. The molecule has 110 valence electrons. The lowest BCUT2D eigenvalue weighted by molar-refractivity contribution is -0.152. The van der Waals surface area contributed by atoms with Crippen LogP contribution in [0.2, 0.25) is 0 Å². The highest BCUT2D eigenvalue weighted by Crippen LogP contribution is 2.30. The Balaban J connectivity index is 1.86. The van der Waals surface area contributed by atoms with Crippen LogP contribution in [0.15, 0.2) is 0 Å².